The Kier molecular flexibility index (Phi) is 4.17. The Labute approximate surface area is 137 Å². The van der Waals surface area contributed by atoms with E-state index in [9.17, 15) is 9.59 Å². The summed E-state index contributed by atoms with van der Waals surface area (Å²) in [6, 6.07) is 7.20. The molecule has 0 unspecified atom stereocenters. The van der Waals surface area contributed by atoms with Crippen LogP contribution in [0.25, 0.3) is 20.2 Å². The minimum Gasteiger partial charge on any atom is -0.354 e. The molecule has 5 nitrogen and oxygen atoms in total. The highest BCUT2D eigenvalue weighted by atomic mass is 32.1. The van der Waals surface area contributed by atoms with Crippen LogP contribution in [-0.4, -0.2) is 22.2 Å². The zero-order valence-corrected chi connectivity index (χ0v) is 14.2. The fraction of sp³-hybridized carbons (Fsp3) is 0.353. The van der Waals surface area contributed by atoms with Gasteiger partial charge in [-0.2, -0.15) is 5.10 Å². The van der Waals surface area contributed by atoms with E-state index in [4.69, 9.17) is 0 Å². The van der Waals surface area contributed by atoms with Crippen LogP contribution in [0.2, 0.25) is 0 Å². The Morgan fingerprint density at radius 2 is 2.13 bits per heavy atom. The van der Waals surface area contributed by atoms with Gasteiger partial charge in [0.2, 0.25) is 5.91 Å². The van der Waals surface area contributed by atoms with Gasteiger partial charge in [-0.1, -0.05) is 25.1 Å². The summed E-state index contributed by atoms with van der Waals surface area (Å²) in [6.45, 7) is 6.17. The van der Waals surface area contributed by atoms with Crippen LogP contribution >= 0.6 is 11.3 Å². The summed E-state index contributed by atoms with van der Waals surface area (Å²) >= 11 is 1.57. The lowest BCUT2D eigenvalue weighted by atomic mass is 10.2. The Bertz CT molecular complexity index is 942. The van der Waals surface area contributed by atoms with Crippen LogP contribution in [0.1, 0.15) is 32.0 Å². The molecule has 0 aliphatic carbocycles. The lowest BCUT2D eigenvalue weighted by Gasteiger charge is -2.14. The first kappa shape index (κ1) is 15.7. The number of thiophene rings is 1. The molecule has 0 aliphatic rings. The van der Waals surface area contributed by atoms with Crippen molar-refractivity contribution in [3.63, 3.8) is 0 Å². The normalized spacial score (nSPS) is 12.7. The minimum absolute atomic E-state index is 0.181. The van der Waals surface area contributed by atoms with E-state index >= 15 is 0 Å². The maximum absolute atomic E-state index is 12.9. The van der Waals surface area contributed by atoms with Gasteiger partial charge in [0.15, 0.2) is 0 Å². The molecule has 1 atom stereocenters. The first-order valence-electron chi connectivity index (χ1n) is 7.73. The third kappa shape index (κ3) is 2.63. The molecule has 2 heterocycles. The number of nitrogens with one attached hydrogen (secondary N) is 1. The predicted octanol–water partition coefficient (Wildman–Crippen LogP) is 3.01. The second-order valence-corrected chi connectivity index (χ2v) is 6.66. The second kappa shape index (κ2) is 6.12. The summed E-state index contributed by atoms with van der Waals surface area (Å²) in [4.78, 5) is 25.1. The van der Waals surface area contributed by atoms with Crippen molar-refractivity contribution >= 4 is 37.4 Å². The highest BCUT2D eigenvalue weighted by Gasteiger charge is 2.21. The molecule has 120 valence electrons. The molecule has 0 aliphatic heterocycles. The van der Waals surface area contributed by atoms with Crippen LogP contribution in [0.15, 0.2) is 29.1 Å². The maximum atomic E-state index is 12.9. The number of hydrogen-bond acceptors (Lipinski definition) is 4. The molecule has 1 N–H and O–H groups in total. The Balaban J connectivity index is 2.19. The topological polar surface area (TPSA) is 64.0 Å². The van der Waals surface area contributed by atoms with Crippen molar-refractivity contribution in [1.82, 2.24) is 15.1 Å². The van der Waals surface area contributed by atoms with Gasteiger partial charge in [0, 0.05) is 16.6 Å². The number of carbonyl (C=O) groups excluding carboxylic acids is 1. The third-order valence-electron chi connectivity index (χ3n) is 3.90. The molecule has 0 bridgehead atoms. The SMILES string of the molecule is CCCNC(=O)[C@H](C)n1nc(C)c2sc3ccccc3c2c1=O. The van der Waals surface area contributed by atoms with Crippen LogP contribution in [0.5, 0.6) is 0 Å². The Morgan fingerprint density at radius 3 is 2.87 bits per heavy atom. The van der Waals surface area contributed by atoms with Crippen molar-refractivity contribution in [2.24, 2.45) is 0 Å². The molecule has 0 saturated carbocycles. The Hall–Kier alpha value is -2.21. The first-order chi connectivity index (χ1) is 11.0. The van der Waals surface area contributed by atoms with E-state index in [2.05, 4.69) is 10.4 Å². The third-order valence-corrected chi connectivity index (χ3v) is 5.18. The molecule has 6 heteroatoms. The average molecular weight is 329 g/mol. The highest BCUT2D eigenvalue weighted by Crippen LogP contribution is 2.32. The minimum atomic E-state index is -0.629. The number of hydrogen-bond donors (Lipinski definition) is 1. The molecule has 0 saturated heterocycles. The van der Waals surface area contributed by atoms with E-state index < -0.39 is 6.04 Å². The first-order valence-corrected chi connectivity index (χ1v) is 8.54. The molecule has 0 radical (unpaired) electrons. The van der Waals surface area contributed by atoms with Crippen LogP contribution < -0.4 is 10.9 Å². The molecule has 2 aromatic heterocycles. The summed E-state index contributed by atoms with van der Waals surface area (Å²) in [5.74, 6) is -0.181. The van der Waals surface area contributed by atoms with Gasteiger partial charge in [-0.3, -0.25) is 9.59 Å². The van der Waals surface area contributed by atoms with Gasteiger partial charge in [0.1, 0.15) is 6.04 Å². The number of aryl methyl sites for hydroxylation is 1. The van der Waals surface area contributed by atoms with Gasteiger partial charge in [0.05, 0.1) is 15.8 Å². The number of nitrogens with zero attached hydrogens (tertiary/aromatic N) is 2. The van der Waals surface area contributed by atoms with Crippen LogP contribution in [0.3, 0.4) is 0 Å². The van der Waals surface area contributed by atoms with Gasteiger partial charge >= 0.3 is 0 Å². The lowest BCUT2D eigenvalue weighted by molar-refractivity contribution is -0.124. The molecule has 3 rings (SSSR count). The van der Waals surface area contributed by atoms with Gasteiger partial charge in [-0.15, -0.1) is 11.3 Å². The van der Waals surface area contributed by atoms with E-state index in [0.29, 0.717) is 11.9 Å². The quantitative estimate of drug-likeness (QED) is 0.800. The van der Waals surface area contributed by atoms with E-state index in [1.807, 2.05) is 38.1 Å². The average Bonchev–Trinajstić information content (AvgIpc) is 2.95. The largest absolute Gasteiger partial charge is 0.354 e. The molecular weight excluding hydrogens is 310 g/mol. The molecular formula is C17H19N3O2S. The van der Waals surface area contributed by atoms with E-state index in [1.54, 1.807) is 18.3 Å². The van der Waals surface area contributed by atoms with Crippen molar-refractivity contribution in [2.45, 2.75) is 33.2 Å². The van der Waals surface area contributed by atoms with Crippen molar-refractivity contribution in [1.29, 1.82) is 0 Å². The maximum Gasteiger partial charge on any atom is 0.276 e. The van der Waals surface area contributed by atoms with Crippen molar-refractivity contribution in [3.8, 4) is 0 Å². The Morgan fingerprint density at radius 1 is 1.39 bits per heavy atom. The molecule has 0 spiro atoms. The zero-order valence-electron chi connectivity index (χ0n) is 13.4. The monoisotopic (exact) mass is 329 g/mol. The number of amides is 1. The predicted molar refractivity (Wildman–Crippen MR) is 94.1 cm³/mol. The zero-order chi connectivity index (χ0) is 16.6. The number of aromatic nitrogens is 2. The lowest BCUT2D eigenvalue weighted by Crippen LogP contribution is -2.37. The number of carbonyl (C=O) groups is 1. The summed E-state index contributed by atoms with van der Waals surface area (Å²) in [5, 5.41) is 8.79. The van der Waals surface area contributed by atoms with Crippen molar-refractivity contribution < 1.29 is 4.79 Å². The molecule has 1 aromatic carbocycles. The van der Waals surface area contributed by atoms with Crippen LogP contribution in [-0.2, 0) is 4.79 Å². The van der Waals surface area contributed by atoms with Crippen LogP contribution in [0.4, 0.5) is 0 Å². The standard InChI is InChI=1S/C17H19N3O2S/c1-4-9-18-16(21)11(3)20-17(22)14-12-7-5-6-8-13(12)23-15(14)10(2)19-20/h5-8,11H,4,9H2,1-3H3,(H,18,21)/t11-/m0/s1. The smallest absolute Gasteiger partial charge is 0.276 e. The fourth-order valence-corrected chi connectivity index (χ4v) is 3.78. The van der Waals surface area contributed by atoms with Gasteiger partial charge in [0.25, 0.3) is 5.56 Å². The van der Waals surface area contributed by atoms with Crippen LogP contribution in [0, 0.1) is 6.92 Å². The number of rotatable bonds is 4. The molecule has 23 heavy (non-hydrogen) atoms. The highest BCUT2D eigenvalue weighted by molar-refractivity contribution is 7.26. The number of benzene rings is 1. The van der Waals surface area contributed by atoms with E-state index in [1.165, 1.54) is 4.68 Å². The molecule has 3 aromatic rings. The van der Waals surface area contributed by atoms with Gasteiger partial charge in [-0.05, 0) is 26.3 Å². The van der Waals surface area contributed by atoms with E-state index in [0.717, 1.165) is 26.9 Å². The second-order valence-electron chi connectivity index (χ2n) is 5.60. The van der Waals surface area contributed by atoms with Crippen molar-refractivity contribution in [2.75, 3.05) is 6.54 Å². The van der Waals surface area contributed by atoms with Crippen molar-refractivity contribution in [3.05, 3.63) is 40.3 Å². The summed E-state index contributed by atoms with van der Waals surface area (Å²) in [7, 11) is 0. The summed E-state index contributed by atoms with van der Waals surface area (Å²) in [6.07, 6.45) is 0.855. The van der Waals surface area contributed by atoms with Gasteiger partial charge < -0.3 is 5.32 Å². The van der Waals surface area contributed by atoms with Gasteiger partial charge in [-0.25, -0.2) is 4.68 Å². The fourth-order valence-electron chi connectivity index (χ4n) is 2.65. The molecule has 1 amide bonds. The summed E-state index contributed by atoms with van der Waals surface area (Å²) < 4.78 is 3.26. The summed E-state index contributed by atoms with van der Waals surface area (Å²) in [5.41, 5.74) is 0.568. The van der Waals surface area contributed by atoms with E-state index in [-0.39, 0.29) is 11.5 Å². The number of fused-ring (bicyclic) bond motifs is 3. The molecule has 0 fully saturated rings.